The molecule has 2 heterocycles. The van der Waals surface area contributed by atoms with E-state index in [1.807, 2.05) is 6.92 Å². The van der Waals surface area contributed by atoms with Crippen LogP contribution < -0.4 is 0 Å². The van der Waals surface area contributed by atoms with Crippen LogP contribution in [0.4, 0.5) is 13.2 Å². The molecule has 1 amide bonds. The van der Waals surface area contributed by atoms with Gasteiger partial charge in [-0.15, -0.1) is 0 Å². The fourth-order valence-electron chi connectivity index (χ4n) is 3.26. The molecule has 0 N–H and O–H groups in total. The molecular weight excluding hydrogens is 359 g/mol. The minimum absolute atomic E-state index is 0.0696. The van der Waals surface area contributed by atoms with Gasteiger partial charge in [-0.2, -0.15) is 13.2 Å². The number of amides is 1. The summed E-state index contributed by atoms with van der Waals surface area (Å²) in [5.74, 6) is 0.462. The van der Waals surface area contributed by atoms with Crippen molar-refractivity contribution in [1.29, 1.82) is 0 Å². The van der Waals surface area contributed by atoms with Gasteiger partial charge in [-0.25, -0.2) is 0 Å². The van der Waals surface area contributed by atoms with Gasteiger partial charge in [0.1, 0.15) is 11.3 Å². The minimum Gasteiger partial charge on any atom is -0.361 e. The van der Waals surface area contributed by atoms with Crippen LogP contribution in [0.15, 0.2) is 28.8 Å². The monoisotopic (exact) mass is 381 g/mol. The van der Waals surface area contributed by atoms with E-state index in [-0.39, 0.29) is 5.91 Å². The van der Waals surface area contributed by atoms with Crippen molar-refractivity contribution in [3.05, 3.63) is 52.4 Å². The Morgan fingerprint density at radius 3 is 2.33 bits per heavy atom. The molecule has 0 aliphatic carbocycles. The van der Waals surface area contributed by atoms with Crippen LogP contribution in [0.1, 0.15) is 39.9 Å². The maximum Gasteiger partial charge on any atom is 0.416 e. The van der Waals surface area contributed by atoms with Crippen molar-refractivity contribution in [2.45, 2.75) is 33.0 Å². The van der Waals surface area contributed by atoms with Gasteiger partial charge in [0, 0.05) is 32.7 Å². The number of hydrogen-bond donors (Lipinski definition) is 0. The van der Waals surface area contributed by atoms with Gasteiger partial charge in [0.05, 0.1) is 11.3 Å². The molecule has 5 nitrogen and oxygen atoms in total. The first-order valence-corrected chi connectivity index (χ1v) is 8.92. The lowest BCUT2D eigenvalue weighted by Crippen LogP contribution is -2.48. The largest absolute Gasteiger partial charge is 0.416 e. The SMILES string of the molecule is CCc1noc(C)c1C(=O)N1CCN(Cc2ccc(C(F)(F)F)cc2)CC1. The molecule has 1 aromatic carbocycles. The Morgan fingerprint density at radius 1 is 1.15 bits per heavy atom. The Labute approximate surface area is 155 Å². The van der Waals surface area contributed by atoms with Gasteiger partial charge in [-0.05, 0) is 31.0 Å². The van der Waals surface area contributed by atoms with E-state index in [0.29, 0.717) is 56.2 Å². The molecule has 1 saturated heterocycles. The average Bonchev–Trinajstić information content (AvgIpc) is 3.02. The number of alkyl halides is 3. The van der Waals surface area contributed by atoms with E-state index in [1.165, 1.54) is 12.1 Å². The van der Waals surface area contributed by atoms with Crippen molar-refractivity contribution in [3.8, 4) is 0 Å². The van der Waals surface area contributed by atoms with Gasteiger partial charge < -0.3 is 9.42 Å². The van der Waals surface area contributed by atoms with E-state index in [9.17, 15) is 18.0 Å². The quantitative estimate of drug-likeness (QED) is 0.813. The number of nitrogens with zero attached hydrogens (tertiary/aromatic N) is 3. The third-order valence-electron chi connectivity index (χ3n) is 4.83. The number of piperazine rings is 1. The van der Waals surface area contributed by atoms with E-state index in [2.05, 4.69) is 10.1 Å². The summed E-state index contributed by atoms with van der Waals surface area (Å²) >= 11 is 0. The number of aryl methyl sites for hydroxylation is 2. The molecule has 3 rings (SSSR count). The van der Waals surface area contributed by atoms with E-state index in [4.69, 9.17) is 4.52 Å². The highest BCUT2D eigenvalue weighted by Gasteiger charge is 2.30. The number of halogens is 3. The van der Waals surface area contributed by atoms with E-state index >= 15 is 0 Å². The van der Waals surface area contributed by atoms with Crippen molar-refractivity contribution >= 4 is 5.91 Å². The Balaban J connectivity index is 1.57. The summed E-state index contributed by atoms with van der Waals surface area (Å²) in [4.78, 5) is 16.7. The average molecular weight is 381 g/mol. The Kier molecular flexibility index (Phi) is 5.55. The van der Waals surface area contributed by atoms with Gasteiger partial charge >= 0.3 is 6.18 Å². The maximum absolute atomic E-state index is 12.8. The lowest BCUT2D eigenvalue weighted by molar-refractivity contribution is -0.137. The Morgan fingerprint density at radius 2 is 1.78 bits per heavy atom. The fourth-order valence-corrected chi connectivity index (χ4v) is 3.26. The molecule has 0 saturated carbocycles. The van der Waals surface area contributed by atoms with Crippen LogP contribution in [-0.4, -0.2) is 47.0 Å². The zero-order chi connectivity index (χ0) is 19.6. The third kappa shape index (κ3) is 4.32. The molecule has 0 spiro atoms. The zero-order valence-corrected chi connectivity index (χ0v) is 15.3. The predicted molar refractivity (Wildman–Crippen MR) is 93.2 cm³/mol. The number of rotatable bonds is 4. The molecule has 1 aliphatic heterocycles. The normalized spacial score (nSPS) is 16.0. The molecule has 0 atom stereocenters. The maximum atomic E-state index is 12.8. The second kappa shape index (κ2) is 7.72. The predicted octanol–water partition coefficient (Wildman–Crippen LogP) is 3.52. The van der Waals surface area contributed by atoms with Gasteiger partial charge in [0.15, 0.2) is 0 Å². The molecule has 1 aromatic heterocycles. The van der Waals surface area contributed by atoms with Crippen LogP contribution in [0.25, 0.3) is 0 Å². The molecule has 0 bridgehead atoms. The smallest absolute Gasteiger partial charge is 0.361 e. The van der Waals surface area contributed by atoms with Gasteiger partial charge in [0.2, 0.25) is 0 Å². The number of carbonyl (C=O) groups is 1. The second-order valence-corrected chi connectivity index (χ2v) is 6.68. The molecule has 8 heteroatoms. The molecule has 1 aliphatic rings. The zero-order valence-electron chi connectivity index (χ0n) is 15.3. The van der Waals surface area contributed by atoms with Crippen LogP contribution in [0.2, 0.25) is 0 Å². The van der Waals surface area contributed by atoms with E-state index in [0.717, 1.165) is 17.7 Å². The standard InChI is InChI=1S/C19H22F3N3O2/c1-3-16-17(13(2)27-23-16)18(26)25-10-8-24(9-11-25)12-14-4-6-15(7-5-14)19(20,21)22/h4-7H,3,8-12H2,1-2H3. The summed E-state index contributed by atoms with van der Waals surface area (Å²) in [5.41, 5.74) is 1.40. The molecule has 146 valence electrons. The lowest BCUT2D eigenvalue weighted by Gasteiger charge is -2.34. The number of aromatic nitrogens is 1. The van der Waals surface area contributed by atoms with Crippen LogP contribution >= 0.6 is 0 Å². The van der Waals surface area contributed by atoms with Crippen molar-refractivity contribution in [3.63, 3.8) is 0 Å². The third-order valence-corrected chi connectivity index (χ3v) is 4.83. The number of hydrogen-bond acceptors (Lipinski definition) is 4. The fraction of sp³-hybridized carbons (Fsp3) is 0.474. The summed E-state index contributed by atoms with van der Waals surface area (Å²) < 4.78 is 43.1. The number of carbonyl (C=O) groups excluding carboxylic acids is 1. The van der Waals surface area contributed by atoms with Gasteiger partial charge in [-0.3, -0.25) is 9.69 Å². The Hall–Kier alpha value is -2.35. The number of benzene rings is 1. The van der Waals surface area contributed by atoms with Crippen LogP contribution in [0.3, 0.4) is 0 Å². The summed E-state index contributed by atoms with van der Waals surface area (Å²) in [7, 11) is 0. The van der Waals surface area contributed by atoms with Crippen molar-refractivity contribution in [2.75, 3.05) is 26.2 Å². The first kappa shape index (κ1) is 19.4. The molecular formula is C19H22F3N3O2. The second-order valence-electron chi connectivity index (χ2n) is 6.68. The van der Waals surface area contributed by atoms with Crippen molar-refractivity contribution < 1.29 is 22.5 Å². The molecule has 0 unspecified atom stereocenters. The first-order valence-electron chi connectivity index (χ1n) is 8.92. The lowest BCUT2D eigenvalue weighted by atomic mass is 10.1. The molecule has 2 aromatic rings. The van der Waals surface area contributed by atoms with Crippen LogP contribution in [0, 0.1) is 6.92 Å². The molecule has 27 heavy (non-hydrogen) atoms. The molecule has 0 radical (unpaired) electrons. The highest BCUT2D eigenvalue weighted by atomic mass is 19.4. The van der Waals surface area contributed by atoms with Crippen molar-refractivity contribution in [1.82, 2.24) is 15.0 Å². The van der Waals surface area contributed by atoms with E-state index in [1.54, 1.807) is 11.8 Å². The van der Waals surface area contributed by atoms with E-state index < -0.39 is 11.7 Å². The van der Waals surface area contributed by atoms with Gasteiger partial charge in [-0.1, -0.05) is 24.2 Å². The summed E-state index contributed by atoms with van der Waals surface area (Å²) in [6.07, 6.45) is -3.69. The summed E-state index contributed by atoms with van der Waals surface area (Å²) in [6, 6.07) is 5.23. The molecule has 1 fully saturated rings. The minimum atomic E-state index is -4.32. The van der Waals surface area contributed by atoms with Crippen LogP contribution in [0.5, 0.6) is 0 Å². The van der Waals surface area contributed by atoms with Crippen LogP contribution in [-0.2, 0) is 19.1 Å². The summed E-state index contributed by atoms with van der Waals surface area (Å²) in [6.45, 7) is 6.68. The highest BCUT2D eigenvalue weighted by molar-refractivity contribution is 5.96. The highest BCUT2D eigenvalue weighted by Crippen LogP contribution is 2.29. The van der Waals surface area contributed by atoms with Gasteiger partial charge in [0.25, 0.3) is 5.91 Å². The first-order chi connectivity index (χ1) is 12.8. The topological polar surface area (TPSA) is 49.6 Å². The summed E-state index contributed by atoms with van der Waals surface area (Å²) in [5, 5.41) is 3.93. The Bertz CT molecular complexity index is 792. The van der Waals surface area contributed by atoms with Crippen molar-refractivity contribution in [2.24, 2.45) is 0 Å².